The van der Waals surface area contributed by atoms with Gasteiger partial charge in [0.25, 0.3) is 5.91 Å². The lowest BCUT2D eigenvalue weighted by Crippen LogP contribution is -2.44. The highest BCUT2D eigenvalue weighted by Crippen LogP contribution is 2.28. The molecule has 22 heavy (non-hydrogen) atoms. The zero-order chi connectivity index (χ0) is 15.6. The van der Waals surface area contributed by atoms with Crippen molar-refractivity contribution in [1.29, 1.82) is 0 Å². The molecule has 0 unspecified atom stereocenters. The lowest BCUT2D eigenvalue weighted by atomic mass is 9.85. The van der Waals surface area contributed by atoms with E-state index in [1.807, 2.05) is 24.6 Å². The Hall–Kier alpha value is -1.66. The highest BCUT2D eigenvalue weighted by molar-refractivity contribution is 7.13. The van der Waals surface area contributed by atoms with Gasteiger partial charge in [0.2, 0.25) is 0 Å². The normalized spacial score (nSPS) is 17.4. The van der Waals surface area contributed by atoms with Gasteiger partial charge in [-0.15, -0.1) is 11.3 Å². The van der Waals surface area contributed by atoms with E-state index in [4.69, 9.17) is 0 Å². The van der Waals surface area contributed by atoms with E-state index in [0.29, 0.717) is 17.8 Å². The largest absolute Gasteiger partial charge is 0.388 e. The number of nitrogens with zero attached hydrogens (tertiary/aromatic N) is 2. The average Bonchev–Trinajstić information content (AvgIpc) is 3.14. The second-order valence-corrected chi connectivity index (χ2v) is 6.96. The molecule has 0 bridgehead atoms. The number of aliphatic hydroxyl groups is 1. The number of thiophene rings is 1. The van der Waals surface area contributed by atoms with Crippen molar-refractivity contribution < 1.29 is 9.90 Å². The van der Waals surface area contributed by atoms with Gasteiger partial charge in [0.15, 0.2) is 0 Å². The number of aryl methyl sites for hydroxylation is 1. The SMILES string of the molecule is Cn1cc(C(=O)NCC2(O)CCCCC2)c(-c2cccs2)n1. The van der Waals surface area contributed by atoms with Gasteiger partial charge >= 0.3 is 0 Å². The molecule has 1 saturated carbocycles. The van der Waals surface area contributed by atoms with Gasteiger partial charge in [-0.1, -0.05) is 25.3 Å². The Morgan fingerprint density at radius 1 is 1.45 bits per heavy atom. The molecule has 0 spiro atoms. The zero-order valence-corrected chi connectivity index (χ0v) is 13.5. The Bertz CT molecular complexity index is 642. The second kappa shape index (κ2) is 6.22. The summed E-state index contributed by atoms with van der Waals surface area (Å²) in [5.41, 5.74) is 0.508. The second-order valence-electron chi connectivity index (χ2n) is 6.01. The fraction of sp³-hybridized carbons (Fsp3) is 0.500. The molecule has 118 valence electrons. The summed E-state index contributed by atoms with van der Waals surface area (Å²) in [5, 5.41) is 19.7. The molecular weight excluding hydrogens is 298 g/mol. The summed E-state index contributed by atoms with van der Waals surface area (Å²) in [6.45, 7) is 0.310. The van der Waals surface area contributed by atoms with Gasteiger partial charge < -0.3 is 10.4 Å². The number of aromatic nitrogens is 2. The minimum absolute atomic E-state index is 0.171. The molecule has 2 aromatic rings. The monoisotopic (exact) mass is 319 g/mol. The average molecular weight is 319 g/mol. The van der Waals surface area contributed by atoms with Crippen molar-refractivity contribution in [3.8, 4) is 10.6 Å². The standard InChI is InChI=1S/C16H21N3O2S/c1-19-10-12(14(18-19)13-6-5-9-22-13)15(20)17-11-16(21)7-3-2-4-8-16/h5-6,9-10,21H,2-4,7-8,11H2,1H3,(H,17,20). The van der Waals surface area contributed by atoms with Crippen molar-refractivity contribution in [2.24, 2.45) is 7.05 Å². The van der Waals surface area contributed by atoms with Gasteiger partial charge in [-0.25, -0.2) is 0 Å². The molecular formula is C16H21N3O2S. The van der Waals surface area contributed by atoms with E-state index in [0.717, 1.165) is 30.6 Å². The van der Waals surface area contributed by atoms with Gasteiger partial charge in [0.1, 0.15) is 5.69 Å². The van der Waals surface area contributed by atoms with E-state index in [2.05, 4.69) is 10.4 Å². The summed E-state index contributed by atoms with van der Waals surface area (Å²) in [6.07, 6.45) is 6.48. The van der Waals surface area contributed by atoms with Crippen molar-refractivity contribution in [2.75, 3.05) is 6.54 Å². The molecule has 6 heteroatoms. The fourth-order valence-corrected chi connectivity index (χ4v) is 3.70. The first-order valence-electron chi connectivity index (χ1n) is 7.65. The van der Waals surface area contributed by atoms with Gasteiger partial charge in [-0.3, -0.25) is 9.48 Å². The maximum Gasteiger partial charge on any atom is 0.255 e. The lowest BCUT2D eigenvalue weighted by Gasteiger charge is -2.32. The fourth-order valence-electron chi connectivity index (χ4n) is 2.98. The predicted molar refractivity (Wildman–Crippen MR) is 86.9 cm³/mol. The predicted octanol–water partition coefficient (Wildman–Crippen LogP) is 2.57. The van der Waals surface area contributed by atoms with Crippen LogP contribution >= 0.6 is 11.3 Å². The Morgan fingerprint density at radius 3 is 2.91 bits per heavy atom. The number of hydrogen-bond donors (Lipinski definition) is 2. The number of carbonyl (C=O) groups excluding carboxylic acids is 1. The maximum atomic E-state index is 12.5. The van der Waals surface area contributed by atoms with Crippen molar-refractivity contribution in [2.45, 2.75) is 37.7 Å². The number of carbonyl (C=O) groups is 1. The highest BCUT2D eigenvalue weighted by atomic mass is 32.1. The molecule has 1 fully saturated rings. The summed E-state index contributed by atoms with van der Waals surface area (Å²) in [7, 11) is 1.81. The molecule has 3 rings (SSSR count). The van der Waals surface area contributed by atoms with Crippen LogP contribution in [0.2, 0.25) is 0 Å². The van der Waals surface area contributed by atoms with Crippen LogP contribution in [0, 0.1) is 0 Å². The van der Waals surface area contributed by atoms with E-state index in [1.165, 1.54) is 6.42 Å². The summed E-state index contributed by atoms with van der Waals surface area (Å²) < 4.78 is 1.65. The number of amides is 1. The third kappa shape index (κ3) is 3.23. The molecule has 1 aliphatic rings. The highest BCUT2D eigenvalue weighted by Gasteiger charge is 2.30. The first kappa shape index (κ1) is 15.2. The van der Waals surface area contributed by atoms with Crippen LogP contribution in [0.5, 0.6) is 0 Å². The Kier molecular flexibility index (Phi) is 4.31. The molecule has 2 aromatic heterocycles. The number of hydrogen-bond acceptors (Lipinski definition) is 4. The molecule has 1 aliphatic carbocycles. The Morgan fingerprint density at radius 2 is 2.23 bits per heavy atom. The van der Waals surface area contributed by atoms with E-state index < -0.39 is 5.60 Å². The van der Waals surface area contributed by atoms with Crippen LogP contribution in [-0.2, 0) is 7.05 Å². The van der Waals surface area contributed by atoms with Gasteiger partial charge in [-0.05, 0) is 24.3 Å². The molecule has 2 N–H and O–H groups in total. The topological polar surface area (TPSA) is 67.2 Å². The third-order valence-corrected chi connectivity index (χ3v) is 5.07. The minimum Gasteiger partial charge on any atom is -0.388 e. The first-order chi connectivity index (χ1) is 10.6. The summed E-state index contributed by atoms with van der Waals surface area (Å²) >= 11 is 1.56. The maximum absolute atomic E-state index is 12.5. The van der Waals surface area contributed by atoms with Crippen molar-refractivity contribution in [1.82, 2.24) is 15.1 Å². The van der Waals surface area contributed by atoms with Crippen molar-refractivity contribution >= 4 is 17.2 Å². The van der Waals surface area contributed by atoms with Crippen LogP contribution in [0.15, 0.2) is 23.7 Å². The molecule has 0 aliphatic heterocycles. The Labute approximate surface area is 134 Å². The lowest BCUT2D eigenvalue weighted by molar-refractivity contribution is 0.00526. The van der Waals surface area contributed by atoms with E-state index >= 15 is 0 Å². The molecule has 0 saturated heterocycles. The van der Waals surface area contributed by atoms with Gasteiger partial charge in [0, 0.05) is 19.8 Å². The number of nitrogens with one attached hydrogen (secondary N) is 1. The van der Waals surface area contributed by atoms with E-state index in [9.17, 15) is 9.90 Å². The minimum atomic E-state index is -0.751. The van der Waals surface area contributed by atoms with Gasteiger partial charge in [0.05, 0.1) is 16.0 Å². The van der Waals surface area contributed by atoms with Crippen LogP contribution in [-0.4, -0.2) is 32.9 Å². The Balaban J connectivity index is 1.73. The first-order valence-corrected chi connectivity index (χ1v) is 8.53. The number of rotatable bonds is 4. The van der Waals surface area contributed by atoms with Crippen LogP contribution in [0.1, 0.15) is 42.5 Å². The summed E-state index contributed by atoms with van der Waals surface area (Å²) in [6, 6.07) is 3.90. The molecule has 0 aromatic carbocycles. The van der Waals surface area contributed by atoms with E-state index in [-0.39, 0.29) is 5.91 Å². The van der Waals surface area contributed by atoms with Crippen molar-refractivity contribution in [3.63, 3.8) is 0 Å². The van der Waals surface area contributed by atoms with Gasteiger partial charge in [-0.2, -0.15) is 5.10 Å². The quantitative estimate of drug-likeness (QED) is 0.910. The summed E-state index contributed by atoms with van der Waals surface area (Å²) in [5.74, 6) is -0.171. The van der Waals surface area contributed by atoms with Crippen LogP contribution in [0.3, 0.4) is 0 Å². The van der Waals surface area contributed by atoms with Crippen LogP contribution in [0.4, 0.5) is 0 Å². The molecule has 0 atom stereocenters. The van der Waals surface area contributed by atoms with E-state index in [1.54, 1.807) is 22.2 Å². The third-order valence-electron chi connectivity index (χ3n) is 4.19. The van der Waals surface area contributed by atoms with Crippen LogP contribution < -0.4 is 5.32 Å². The summed E-state index contributed by atoms with van der Waals surface area (Å²) in [4.78, 5) is 13.5. The molecule has 2 heterocycles. The zero-order valence-electron chi connectivity index (χ0n) is 12.7. The molecule has 1 amide bonds. The van der Waals surface area contributed by atoms with Crippen molar-refractivity contribution in [3.05, 3.63) is 29.3 Å². The van der Waals surface area contributed by atoms with Crippen LogP contribution in [0.25, 0.3) is 10.6 Å². The smallest absolute Gasteiger partial charge is 0.255 e. The molecule has 0 radical (unpaired) electrons. The molecule has 5 nitrogen and oxygen atoms in total.